The zero-order valence-corrected chi connectivity index (χ0v) is 9.91. The highest BCUT2D eigenvalue weighted by molar-refractivity contribution is 5.75. The van der Waals surface area contributed by atoms with Crippen molar-refractivity contribution in [3.63, 3.8) is 0 Å². The standard InChI is InChI=1S/C11H18N2O3/c1-5-11(2,3)12-10(16)13(4)8-6-7-9(14)15/h1H,6-8H2,2-4H3,(H,12,16)(H,14,15). The average Bonchev–Trinajstić information content (AvgIpc) is 2.16. The molecule has 0 bridgehead atoms. The van der Waals surface area contributed by atoms with E-state index in [-0.39, 0.29) is 12.5 Å². The fourth-order valence-electron chi connectivity index (χ4n) is 0.968. The summed E-state index contributed by atoms with van der Waals surface area (Å²) >= 11 is 0. The first-order valence-electron chi connectivity index (χ1n) is 5.01. The van der Waals surface area contributed by atoms with Gasteiger partial charge in [-0.25, -0.2) is 4.79 Å². The molecule has 0 aromatic heterocycles. The molecule has 0 rings (SSSR count). The fourth-order valence-corrected chi connectivity index (χ4v) is 0.968. The highest BCUT2D eigenvalue weighted by atomic mass is 16.4. The monoisotopic (exact) mass is 226 g/mol. The summed E-state index contributed by atoms with van der Waals surface area (Å²) in [6, 6.07) is -0.298. The zero-order chi connectivity index (χ0) is 12.8. The first-order chi connectivity index (χ1) is 7.28. The van der Waals surface area contributed by atoms with Gasteiger partial charge in [-0.3, -0.25) is 4.79 Å². The van der Waals surface area contributed by atoms with Crippen LogP contribution in [-0.4, -0.2) is 41.1 Å². The summed E-state index contributed by atoms with van der Waals surface area (Å²) in [5.41, 5.74) is -0.696. The minimum atomic E-state index is -0.863. The molecule has 5 nitrogen and oxygen atoms in total. The zero-order valence-electron chi connectivity index (χ0n) is 9.91. The molecule has 2 amide bonds. The predicted octanol–water partition coefficient (Wildman–Crippen LogP) is 0.904. The summed E-state index contributed by atoms with van der Waals surface area (Å²) in [6.07, 6.45) is 5.71. The smallest absolute Gasteiger partial charge is 0.318 e. The lowest BCUT2D eigenvalue weighted by Gasteiger charge is -2.24. The van der Waals surface area contributed by atoms with E-state index in [4.69, 9.17) is 11.5 Å². The molecule has 0 aromatic rings. The maximum Gasteiger partial charge on any atom is 0.318 e. The minimum Gasteiger partial charge on any atom is -0.481 e. The summed E-state index contributed by atoms with van der Waals surface area (Å²) in [4.78, 5) is 23.3. The van der Waals surface area contributed by atoms with Gasteiger partial charge in [-0.2, -0.15) is 0 Å². The maximum absolute atomic E-state index is 11.6. The molecule has 0 aliphatic carbocycles. The topological polar surface area (TPSA) is 69.6 Å². The van der Waals surface area contributed by atoms with Crippen molar-refractivity contribution in [2.45, 2.75) is 32.2 Å². The SMILES string of the molecule is C#CC(C)(C)NC(=O)N(C)CCCC(=O)O. The molecule has 5 heteroatoms. The Bertz CT molecular complexity index is 305. The second-order valence-corrected chi connectivity index (χ2v) is 4.12. The van der Waals surface area contributed by atoms with Gasteiger partial charge in [0.05, 0.1) is 5.54 Å². The number of hydrogen-bond acceptors (Lipinski definition) is 2. The van der Waals surface area contributed by atoms with Crippen molar-refractivity contribution in [2.75, 3.05) is 13.6 Å². The van der Waals surface area contributed by atoms with Crippen molar-refractivity contribution >= 4 is 12.0 Å². The van der Waals surface area contributed by atoms with Gasteiger partial charge in [0.15, 0.2) is 0 Å². The highest BCUT2D eigenvalue weighted by Crippen LogP contribution is 2.01. The molecule has 0 fully saturated rings. The van der Waals surface area contributed by atoms with Crippen LogP contribution in [0, 0.1) is 12.3 Å². The van der Waals surface area contributed by atoms with Crippen LogP contribution in [0.5, 0.6) is 0 Å². The first kappa shape index (κ1) is 14.3. The van der Waals surface area contributed by atoms with Crippen LogP contribution in [0.25, 0.3) is 0 Å². The van der Waals surface area contributed by atoms with Crippen molar-refractivity contribution in [2.24, 2.45) is 0 Å². The van der Waals surface area contributed by atoms with Crippen LogP contribution in [0.2, 0.25) is 0 Å². The molecular weight excluding hydrogens is 208 g/mol. The summed E-state index contributed by atoms with van der Waals surface area (Å²) in [5.74, 6) is 1.59. The molecule has 16 heavy (non-hydrogen) atoms. The molecule has 0 heterocycles. The third-order valence-corrected chi connectivity index (χ3v) is 2.01. The van der Waals surface area contributed by atoms with Crippen LogP contribution < -0.4 is 5.32 Å². The molecule has 0 aromatic carbocycles. The molecule has 0 radical (unpaired) electrons. The number of rotatable bonds is 5. The molecule has 0 aliphatic heterocycles. The molecule has 0 saturated heterocycles. The van der Waals surface area contributed by atoms with Crippen LogP contribution in [0.15, 0.2) is 0 Å². The van der Waals surface area contributed by atoms with Gasteiger partial charge in [0.2, 0.25) is 0 Å². The third kappa shape index (κ3) is 5.91. The van der Waals surface area contributed by atoms with Gasteiger partial charge < -0.3 is 15.3 Å². The van der Waals surface area contributed by atoms with Crippen LogP contribution >= 0.6 is 0 Å². The Labute approximate surface area is 95.8 Å². The van der Waals surface area contributed by atoms with Crippen LogP contribution in [0.3, 0.4) is 0 Å². The fraction of sp³-hybridized carbons (Fsp3) is 0.636. The third-order valence-electron chi connectivity index (χ3n) is 2.01. The van der Waals surface area contributed by atoms with Gasteiger partial charge in [-0.05, 0) is 20.3 Å². The van der Waals surface area contributed by atoms with E-state index >= 15 is 0 Å². The predicted molar refractivity (Wildman–Crippen MR) is 60.9 cm³/mol. The Kier molecular flexibility index (Phi) is 5.37. The van der Waals surface area contributed by atoms with Crippen LogP contribution in [-0.2, 0) is 4.79 Å². The largest absolute Gasteiger partial charge is 0.481 e. The molecule has 0 unspecified atom stereocenters. The molecule has 0 spiro atoms. The van der Waals surface area contributed by atoms with Crippen LogP contribution in [0.4, 0.5) is 4.79 Å². The molecular formula is C11H18N2O3. The lowest BCUT2D eigenvalue weighted by molar-refractivity contribution is -0.137. The number of amides is 2. The van der Waals surface area contributed by atoms with E-state index in [0.29, 0.717) is 13.0 Å². The van der Waals surface area contributed by atoms with Gasteiger partial charge in [0.1, 0.15) is 0 Å². The summed E-state index contributed by atoms with van der Waals surface area (Å²) < 4.78 is 0. The molecule has 0 saturated carbocycles. The number of carbonyl (C=O) groups excluding carboxylic acids is 1. The van der Waals surface area contributed by atoms with Gasteiger partial charge >= 0.3 is 12.0 Å². The summed E-state index contributed by atoms with van der Waals surface area (Å²) in [7, 11) is 1.60. The van der Waals surface area contributed by atoms with Crippen LogP contribution in [0.1, 0.15) is 26.7 Å². The molecule has 0 aliphatic rings. The lowest BCUT2D eigenvalue weighted by Crippen LogP contribution is -2.48. The number of carboxylic acid groups (broad SMARTS) is 1. The average molecular weight is 226 g/mol. The van der Waals surface area contributed by atoms with E-state index in [2.05, 4.69) is 11.2 Å². The number of carboxylic acids is 1. The van der Waals surface area contributed by atoms with Crippen molar-refractivity contribution in [1.29, 1.82) is 0 Å². The van der Waals surface area contributed by atoms with Gasteiger partial charge in [0.25, 0.3) is 0 Å². The summed E-state index contributed by atoms with van der Waals surface area (Å²) in [6.45, 7) is 3.82. The number of aliphatic carboxylic acids is 1. The maximum atomic E-state index is 11.6. The van der Waals surface area contributed by atoms with Crippen molar-refractivity contribution in [3.05, 3.63) is 0 Å². The minimum absolute atomic E-state index is 0.0517. The lowest BCUT2D eigenvalue weighted by atomic mass is 10.1. The number of hydrogen-bond donors (Lipinski definition) is 2. The first-order valence-corrected chi connectivity index (χ1v) is 5.01. The Balaban J connectivity index is 4.01. The van der Waals surface area contributed by atoms with E-state index in [1.807, 2.05) is 0 Å². The van der Waals surface area contributed by atoms with E-state index in [1.54, 1.807) is 20.9 Å². The van der Waals surface area contributed by atoms with E-state index < -0.39 is 11.5 Å². The number of carbonyl (C=O) groups is 2. The van der Waals surface area contributed by atoms with Gasteiger partial charge in [-0.15, -0.1) is 6.42 Å². The number of nitrogens with zero attached hydrogens (tertiary/aromatic N) is 1. The molecule has 90 valence electrons. The second kappa shape index (κ2) is 6.01. The Morgan fingerprint density at radius 3 is 2.50 bits per heavy atom. The Morgan fingerprint density at radius 1 is 1.50 bits per heavy atom. The van der Waals surface area contributed by atoms with Crippen molar-refractivity contribution < 1.29 is 14.7 Å². The van der Waals surface area contributed by atoms with Gasteiger partial charge in [0, 0.05) is 20.0 Å². The summed E-state index contributed by atoms with van der Waals surface area (Å²) in [5, 5.41) is 11.1. The number of terminal acetylenes is 1. The second-order valence-electron chi connectivity index (χ2n) is 4.12. The van der Waals surface area contributed by atoms with E-state index in [1.165, 1.54) is 4.90 Å². The Hall–Kier alpha value is -1.70. The highest BCUT2D eigenvalue weighted by Gasteiger charge is 2.19. The van der Waals surface area contributed by atoms with Crippen molar-refractivity contribution in [3.8, 4) is 12.3 Å². The molecule has 0 atom stereocenters. The number of urea groups is 1. The van der Waals surface area contributed by atoms with Crippen molar-refractivity contribution in [1.82, 2.24) is 10.2 Å². The Morgan fingerprint density at radius 2 is 2.06 bits per heavy atom. The normalized spacial score (nSPS) is 10.4. The van der Waals surface area contributed by atoms with E-state index in [9.17, 15) is 9.59 Å². The van der Waals surface area contributed by atoms with Gasteiger partial charge in [-0.1, -0.05) is 5.92 Å². The molecule has 2 N–H and O–H groups in total. The number of nitrogens with one attached hydrogen (secondary N) is 1. The quantitative estimate of drug-likeness (QED) is 0.684. The van der Waals surface area contributed by atoms with E-state index in [0.717, 1.165) is 0 Å².